The number of nitrogens with zero attached hydrogens (tertiary/aromatic N) is 2. The highest BCUT2D eigenvalue weighted by molar-refractivity contribution is 7.22. The van der Waals surface area contributed by atoms with E-state index in [-0.39, 0.29) is 21.8 Å². The summed E-state index contributed by atoms with van der Waals surface area (Å²) in [6.07, 6.45) is 0. The molecular formula is C29H25ClN2O4S. The number of ketones is 1. The number of rotatable bonds is 4. The van der Waals surface area contributed by atoms with Crippen molar-refractivity contribution in [3.05, 3.63) is 94.0 Å². The molecule has 5 rings (SSSR count). The minimum absolute atomic E-state index is 0.0194. The van der Waals surface area contributed by atoms with Crippen LogP contribution in [0.1, 0.15) is 43.5 Å². The number of aromatic nitrogens is 1. The molecule has 0 aliphatic carbocycles. The molecule has 0 radical (unpaired) electrons. The molecular weight excluding hydrogens is 508 g/mol. The number of hydrogen-bond donors (Lipinski definition) is 1. The highest BCUT2D eigenvalue weighted by atomic mass is 35.5. The lowest BCUT2D eigenvalue weighted by Gasteiger charge is -2.24. The fraction of sp³-hybridized carbons (Fsp3) is 0.207. The van der Waals surface area contributed by atoms with Crippen LogP contribution in [-0.4, -0.2) is 28.9 Å². The number of hydrogen-bond acceptors (Lipinski definition) is 6. The monoisotopic (exact) mass is 532 g/mol. The zero-order chi connectivity index (χ0) is 26.5. The standard InChI is InChI=1S/C29H25ClN2O4S/c1-29(2,3)18-12-9-16(10-13-18)24-23(25(33)17-11-14-21(36-4)19(30)15-17)26(34)27(35)32(24)28-31-20-7-5-6-8-22(20)37-28/h5-15,24,33H,1-4H3/b25-23+. The molecule has 188 valence electrons. The van der Waals surface area contributed by atoms with Gasteiger partial charge < -0.3 is 9.84 Å². The molecule has 3 aromatic carbocycles. The van der Waals surface area contributed by atoms with Gasteiger partial charge in [-0.25, -0.2) is 4.98 Å². The molecule has 6 nitrogen and oxygen atoms in total. The number of aliphatic hydroxyl groups excluding tert-OH is 1. The SMILES string of the molecule is COc1ccc(/C(O)=C2\C(=O)C(=O)N(c3nc4ccccc4s3)C2c2ccc(C(C)(C)C)cc2)cc1Cl. The summed E-state index contributed by atoms with van der Waals surface area (Å²) in [6, 6.07) is 19.2. The van der Waals surface area contributed by atoms with Crippen molar-refractivity contribution in [2.45, 2.75) is 32.2 Å². The van der Waals surface area contributed by atoms with Crippen LogP contribution in [0.3, 0.4) is 0 Å². The van der Waals surface area contributed by atoms with E-state index in [1.165, 1.54) is 29.4 Å². The first-order chi connectivity index (χ1) is 17.6. The highest BCUT2D eigenvalue weighted by Crippen LogP contribution is 2.45. The van der Waals surface area contributed by atoms with E-state index in [9.17, 15) is 14.7 Å². The van der Waals surface area contributed by atoms with Gasteiger partial charge in [-0.2, -0.15) is 0 Å². The average Bonchev–Trinajstić information content (AvgIpc) is 3.41. The molecule has 1 amide bonds. The molecule has 4 aromatic rings. The average molecular weight is 533 g/mol. The number of benzene rings is 3. The lowest BCUT2D eigenvalue weighted by atomic mass is 9.85. The van der Waals surface area contributed by atoms with Crippen LogP contribution in [0.4, 0.5) is 5.13 Å². The Morgan fingerprint density at radius 3 is 2.38 bits per heavy atom. The quantitative estimate of drug-likeness (QED) is 0.176. The smallest absolute Gasteiger partial charge is 0.301 e. The van der Waals surface area contributed by atoms with Crippen molar-refractivity contribution in [3.8, 4) is 5.75 Å². The second kappa shape index (κ2) is 9.32. The number of para-hydroxylation sites is 1. The van der Waals surface area contributed by atoms with Gasteiger partial charge in [-0.3, -0.25) is 14.5 Å². The second-order valence-corrected chi connectivity index (χ2v) is 11.3. The first-order valence-corrected chi connectivity index (χ1v) is 12.9. The van der Waals surface area contributed by atoms with Gasteiger partial charge in [0.1, 0.15) is 11.5 Å². The summed E-state index contributed by atoms with van der Waals surface area (Å²) in [5.41, 5.74) is 2.74. The zero-order valence-corrected chi connectivity index (χ0v) is 22.4. The number of thiazole rings is 1. The van der Waals surface area contributed by atoms with Crippen molar-refractivity contribution in [2.75, 3.05) is 12.0 Å². The van der Waals surface area contributed by atoms with Crippen molar-refractivity contribution in [1.82, 2.24) is 4.98 Å². The molecule has 0 bridgehead atoms. The van der Waals surface area contributed by atoms with E-state index < -0.39 is 17.7 Å². The molecule has 2 heterocycles. The van der Waals surface area contributed by atoms with Gasteiger partial charge in [-0.1, -0.05) is 80.1 Å². The number of carbonyl (C=O) groups is 2. The highest BCUT2D eigenvalue weighted by Gasteiger charge is 2.48. The number of fused-ring (bicyclic) bond motifs is 1. The number of anilines is 1. The predicted molar refractivity (Wildman–Crippen MR) is 148 cm³/mol. The number of Topliss-reactive ketones (excluding diaryl/α,β-unsaturated/α-hetero) is 1. The lowest BCUT2D eigenvalue weighted by Crippen LogP contribution is -2.29. The van der Waals surface area contributed by atoms with Crippen LogP contribution in [0.15, 0.2) is 72.3 Å². The fourth-order valence-corrected chi connectivity index (χ4v) is 5.69. The molecule has 8 heteroatoms. The first kappa shape index (κ1) is 25.0. The number of halogens is 1. The Hall–Kier alpha value is -3.68. The molecule has 1 unspecified atom stereocenters. The normalized spacial score (nSPS) is 17.5. The van der Waals surface area contributed by atoms with Gasteiger partial charge in [0.05, 0.1) is 34.0 Å². The Labute approximate surface area is 223 Å². The van der Waals surface area contributed by atoms with E-state index in [2.05, 4.69) is 25.8 Å². The second-order valence-electron chi connectivity index (χ2n) is 9.85. The Kier molecular flexibility index (Phi) is 6.30. The van der Waals surface area contributed by atoms with Crippen molar-refractivity contribution >= 4 is 55.7 Å². The molecule has 1 aliphatic rings. The Morgan fingerprint density at radius 2 is 1.76 bits per heavy atom. The maximum Gasteiger partial charge on any atom is 0.301 e. The largest absolute Gasteiger partial charge is 0.507 e. The van der Waals surface area contributed by atoms with Crippen LogP contribution in [0, 0.1) is 0 Å². The summed E-state index contributed by atoms with van der Waals surface area (Å²) in [4.78, 5) is 32.9. The third kappa shape index (κ3) is 4.38. The van der Waals surface area contributed by atoms with Crippen molar-refractivity contribution in [2.24, 2.45) is 0 Å². The minimum Gasteiger partial charge on any atom is -0.507 e. The predicted octanol–water partition coefficient (Wildman–Crippen LogP) is 6.88. The third-order valence-electron chi connectivity index (χ3n) is 6.45. The van der Waals surface area contributed by atoms with Crippen LogP contribution in [0.25, 0.3) is 16.0 Å². The maximum absolute atomic E-state index is 13.5. The number of aliphatic hydroxyl groups is 1. The van der Waals surface area contributed by atoms with Gasteiger partial charge in [-0.15, -0.1) is 0 Å². The van der Waals surface area contributed by atoms with E-state index in [0.717, 1.165) is 15.8 Å². The Bertz CT molecular complexity index is 1530. The topological polar surface area (TPSA) is 79.7 Å². The molecule has 1 N–H and O–H groups in total. The van der Waals surface area contributed by atoms with Gasteiger partial charge in [0, 0.05) is 5.56 Å². The molecule has 1 fully saturated rings. The van der Waals surface area contributed by atoms with E-state index in [1.54, 1.807) is 12.1 Å². The van der Waals surface area contributed by atoms with Crippen LogP contribution >= 0.6 is 22.9 Å². The molecule has 37 heavy (non-hydrogen) atoms. The molecule has 0 spiro atoms. The van der Waals surface area contributed by atoms with Gasteiger partial charge >= 0.3 is 5.91 Å². The summed E-state index contributed by atoms with van der Waals surface area (Å²) < 4.78 is 6.10. The zero-order valence-electron chi connectivity index (χ0n) is 20.8. The van der Waals surface area contributed by atoms with E-state index in [1.807, 2.05) is 48.5 Å². The van der Waals surface area contributed by atoms with Crippen LogP contribution in [0.2, 0.25) is 5.02 Å². The van der Waals surface area contributed by atoms with Crippen molar-refractivity contribution in [3.63, 3.8) is 0 Å². The first-order valence-electron chi connectivity index (χ1n) is 11.7. The molecule has 1 saturated heterocycles. The fourth-order valence-electron chi connectivity index (χ4n) is 4.44. The summed E-state index contributed by atoms with van der Waals surface area (Å²) in [7, 11) is 1.49. The van der Waals surface area contributed by atoms with Gasteiger partial charge in [0.15, 0.2) is 5.13 Å². The number of ether oxygens (including phenoxy) is 1. The minimum atomic E-state index is -0.865. The molecule has 1 aromatic heterocycles. The molecule has 0 saturated carbocycles. The van der Waals surface area contributed by atoms with Crippen molar-refractivity contribution < 1.29 is 19.4 Å². The molecule has 1 atom stereocenters. The number of methoxy groups -OCH3 is 1. The van der Waals surface area contributed by atoms with E-state index >= 15 is 0 Å². The third-order valence-corrected chi connectivity index (χ3v) is 7.78. The summed E-state index contributed by atoms with van der Waals surface area (Å²) in [6.45, 7) is 6.34. The van der Waals surface area contributed by atoms with E-state index in [0.29, 0.717) is 22.0 Å². The number of amides is 1. The summed E-state index contributed by atoms with van der Waals surface area (Å²) in [5, 5.41) is 12.0. The Morgan fingerprint density at radius 1 is 1.05 bits per heavy atom. The molecule has 1 aliphatic heterocycles. The van der Waals surface area contributed by atoms with Crippen LogP contribution < -0.4 is 9.64 Å². The number of carbonyl (C=O) groups excluding carboxylic acids is 2. The van der Waals surface area contributed by atoms with Crippen molar-refractivity contribution in [1.29, 1.82) is 0 Å². The summed E-state index contributed by atoms with van der Waals surface area (Å²) >= 11 is 7.62. The van der Waals surface area contributed by atoms with Crippen LogP contribution in [0.5, 0.6) is 5.75 Å². The maximum atomic E-state index is 13.5. The summed E-state index contributed by atoms with van der Waals surface area (Å²) in [5.74, 6) is -1.41. The lowest BCUT2D eigenvalue weighted by molar-refractivity contribution is -0.132. The van der Waals surface area contributed by atoms with Gasteiger partial charge in [0.25, 0.3) is 5.78 Å². The van der Waals surface area contributed by atoms with Gasteiger partial charge in [-0.05, 0) is 46.9 Å². The van der Waals surface area contributed by atoms with E-state index in [4.69, 9.17) is 16.3 Å². The van der Waals surface area contributed by atoms with Crippen LogP contribution in [-0.2, 0) is 15.0 Å². The van der Waals surface area contributed by atoms with Gasteiger partial charge in [0.2, 0.25) is 0 Å². The Balaban J connectivity index is 1.71.